The summed E-state index contributed by atoms with van der Waals surface area (Å²) in [5.74, 6) is -0.0452. The van der Waals surface area contributed by atoms with E-state index in [0.29, 0.717) is 0 Å². The highest BCUT2D eigenvalue weighted by molar-refractivity contribution is 7.17. The lowest BCUT2D eigenvalue weighted by Gasteiger charge is -2.09. The zero-order valence-electron chi connectivity index (χ0n) is 11.4. The van der Waals surface area contributed by atoms with Gasteiger partial charge in [0.2, 0.25) is 0 Å². The van der Waals surface area contributed by atoms with E-state index in [9.17, 15) is 4.79 Å². The fourth-order valence-corrected chi connectivity index (χ4v) is 3.15. The number of hydrogen-bond donors (Lipinski definition) is 1. The Morgan fingerprint density at radius 3 is 2.75 bits per heavy atom. The summed E-state index contributed by atoms with van der Waals surface area (Å²) >= 11 is 1.60. The summed E-state index contributed by atoms with van der Waals surface area (Å²) < 4.78 is 1.14. The van der Waals surface area contributed by atoms with Crippen molar-refractivity contribution in [2.45, 2.75) is 13.8 Å². The molecule has 1 N–H and O–H groups in total. The maximum atomic E-state index is 12.4. The fraction of sp³-hybridized carbons (Fsp3) is 0.118. The topological polar surface area (TPSA) is 29.1 Å². The predicted octanol–water partition coefficient (Wildman–Crippen LogP) is 4.77. The first-order valence-electron chi connectivity index (χ1n) is 6.50. The summed E-state index contributed by atoms with van der Waals surface area (Å²) in [5.41, 5.74) is 3.83. The first kappa shape index (κ1) is 12.9. The SMILES string of the molecule is Cc1ccc(C)c(NC(=O)c2csc3ccccc23)c1. The normalized spacial score (nSPS) is 10.7. The average molecular weight is 281 g/mol. The molecule has 3 aromatic rings. The number of anilines is 1. The maximum absolute atomic E-state index is 12.4. The van der Waals surface area contributed by atoms with Crippen molar-refractivity contribution in [2.75, 3.05) is 5.32 Å². The summed E-state index contributed by atoms with van der Waals surface area (Å²) in [7, 11) is 0. The Kier molecular flexibility index (Phi) is 3.28. The number of fused-ring (bicyclic) bond motifs is 1. The molecule has 0 aliphatic heterocycles. The van der Waals surface area contributed by atoms with Gasteiger partial charge in [-0.05, 0) is 37.1 Å². The van der Waals surface area contributed by atoms with E-state index < -0.39 is 0 Å². The standard InChI is InChI=1S/C17H15NOS/c1-11-7-8-12(2)15(9-11)18-17(19)14-10-20-16-6-4-3-5-13(14)16/h3-10H,1-2H3,(H,18,19). The van der Waals surface area contributed by atoms with Gasteiger partial charge in [-0.25, -0.2) is 0 Å². The molecule has 0 atom stereocenters. The van der Waals surface area contributed by atoms with Crippen molar-refractivity contribution < 1.29 is 4.79 Å². The van der Waals surface area contributed by atoms with Crippen molar-refractivity contribution >= 4 is 33.0 Å². The Bertz CT molecular complexity index is 789. The number of aryl methyl sites for hydroxylation is 2. The second-order valence-corrected chi connectivity index (χ2v) is 5.83. The third-order valence-corrected chi connectivity index (χ3v) is 4.33. The Balaban J connectivity index is 1.95. The first-order valence-corrected chi connectivity index (χ1v) is 7.38. The second kappa shape index (κ2) is 5.10. The lowest BCUT2D eigenvalue weighted by Crippen LogP contribution is -2.12. The highest BCUT2D eigenvalue weighted by Gasteiger charge is 2.12. The molecule has 0 unspecified atom stereocenters. The third-order valence-electron chi connectivity index (χ3n) is 3.37. The van der Waals surface area contributed by atoms with Crippen molar-refractivity contribution in [1.29, 1.82) is 0 Å². The summed E-state index contributed by atoms with van der Waals surface area (Å²) in [6, 6.07) is 14.1. The van der Waals surface area contributed by atoms with Gasteiger partial charge in [-0.15, -0.1) is 11.3 Å². The second-order valence-electron chi connectivity index (χ2n) is 4.92. The highest BCUT2D eigenvalue weighted by atomic mass is 32.1. The minimum absolute atomic E-state index is 0.0452. The van der Waals surface area contributed by atoms with Gasteiger partial charge in [0.05, 0.1) is 5.56 Å². The van der Waals surface area contributed by atoms with Crippen LogP contribution in [-0.4, -0.2) is 5.91 Å². The molecule has 1 aromatic heterocycles. The molecule has 0 bridgehead atoms. The summed E-state index contributed by atoms with van der Waals surface area (Å²) in [5, 5.41) is 5.95. The number of amides is 1. The van der Waals surface area contributed by atoms with E-state index in [1.54, 1.807) is 11.3 Å². The van der Waals surface area contributed by atoms with Crippen LogP contribution in [0, 0.1) is 13.8 Å². The molecule has 0 fully saturated rings. The lowest BCUT2D eigenvalue weighted by atomic mass is 10.1. The van der Waals surface area contributed by atoms with Gasteiger partial charge < -0.3 is 5.32 Å². The van der Waals surface area contributed by atoms with Gasteiger partial charge in [-0.2, -0.15) is 0 Å². The monoisotopic (exact) mass is 281 g/mol. The van der Waals surface area contributed by atoms with E-state index >= 15 is 0 Å². The first-order chi connectivity index (χ1) is 9.65. The number of benzene rings is 2. The fourth-order valence-electron chi connectivity index (χ4n) is 2.21. The van der Waals surface area contributed by atoms with Crippen LogP contribution in [0.25, 0.3) is 10.1 Å². The molecular weight excluding hydrogens is 266 g/mol. The van der Waals surface area contributed by atoms with Crippen LogP contribution in [0.4, 0.5) is 5.69 Å². The minimum Gasteiger partial charge on any atom is -0.322 e. The van der Waals surface area contributed by atoms with Gasteiger partial charge in [0, 0.05) is 21.2 Å². The molecule has 0 saturated carbocycles. The van der Waals surface area contributed by atoms with Crippen LogP contribution in [-0.2, 0) is 0 Å². The maximum Gasteiger partial charge on any atom is 0.257 e. The van der Waals surface area contributed by atoms with Crippen molar-refractivity contribution in [2.24, 2.45) is 0 Å². The van der Waals surface area contributed by atoms with Crippen molar-refractivity contribution in [3.05, 3.63) is 64.5 Å². The van der Waals surface area contributed by atoms with E-state index in [-0.39, 0.29) is 5.91 Å². The number of rotatable bonds is 2. The van der Waals surface area contributed by atoms with Gasteiger partial charge >= 0.3 is 0 Å². The number of hydrogen-bond acceptors (Lipinski definition) is 2. The molecule has 2 nitrogen and oxygen atoms in total. The van der Waals surface area contributed by atoms with E-state index in [0.717, 1.165) is 32.5 Å². The smallest absolute Gasteiger partial charge is 0.257 e. The van der Waals surface area contributed by atoms with Crippen LogP contribution in [0.3, 0.4) is 0 Å². The molecule has 20 heavy (non-hydrogen) atoms. The molecule has 0 aliphatic carbocycles. The zero-order valence-corrected chi connectivity index (χ0v) is 12.3. The van der Waals surface area contributed by atoms with Gasteiger partial charge in [-0.1, -0.05) is 30.3 Å². The number of carbonyl (C=O) groups excluding carboxylic acids is 1. The summed E-state index contributed by atoms with van der Waals surface area (Å²) in [6.07, 6.45) is 0. The molecule has 3 rings (SSSR count). The molecule has 0 radical (unpaired) electrons. The van der Waals surface area contributed by atoms with Crippen LogP contribution in [0.2, 0.25) is 0 Å². The number of nitrogens with one attached hydrogen (secondary N) is 1. The van der Waals surface area contributed by atoms with Crippen LogP contribution < -0.4 is 5.32 Å². The van der Waals surface area contributed by atoms with Crippen molar-refractivity contribution in [3.63, 3.8) is 0 Å². The summed E-state index contributed by atoms with van der Waals surface area (Å²) in [6.45, 7) is 4.02. The summed E-state index contributed by atoms with van der Waals surface area (Å²) in [4.78, 5) is 12.4. The van der Waals surface area contributed by atoms with Gasteiger partial charge in [-0.3, -0.25) is 4.79 Å². The molecular formula is C17H15NOS. The van der Waals surface area contributed by atoms with Crippen LogP contribution >= 0.6 is 11.3 Å². The molecule has 3 heteroatoms. The Morgan fingerprint density at radius 2 is 1.90 bits per heavy atom. The highest BCUT2D eigenvalue weighted by Crippen LogP contribution is 2.27. The molecule has 0 spiro atoms. The van der Waals surface area contributed by atoms with Gasteiger partial charge in [0.1, 0.15) is 0 Å². The van der Waals surface area contributed by atoms with Crippen LogP contribution in [0.15, 0.2) is 47.8 Å². The van der Waals surface area contributed by atoms with Crippen LogP contribution in [0.1, 0.15) is 21.5 Å². The number of carbonyl (C=O) groups is 1. The molecule has 0 saturated heterocycles. The minimum atomic E-state index is -0.0452. The largest absolute Gasteiger partial charge is 0.322 e. The molecule has 1 amide bonds. The van der Waals surface area contributed by atoms with E-state index in [2.05, 4.69) is 5.32 Å². The Morgan fingerprint density at radius 1 is 1.10 bits per heavy atom. The van der Waals surface area contributed by atoms with E-state index in [1.807, 2.05) is 61.7 Å². The average Bonchev–Trinajstić information content (AvgIpc) is 2.87. The van der Waals surface area contributed by atoms with Crippen molar-refractivity contribution in [1.82, 2.24) is 0 Å². The van der Waals surface area contributed by atoms with Crippen LogP contribution in [0.5, 0.6) is 0 Å². The Hall–Kier alpha value is -2.13. The van der Waals surface area contributed by atoms with Gasteiger partial charge in [0.25, 0.3) is 5.91 Å². The van der Waals surface area contributed by atoms with E-state index in [4.69, 9.17) is 0 Å². The van der Waals surface area contributed by atoms with Gasteiger partial charge in [0.15, 0.2) is 0 Å². The predicted molar refractivity (Wildman–Crippen MR) is 85.7 cm³/mol. The molecule has 100 valence electrons. The molecule has 2 aromatic carbocycles. The number of thiophene rings is 1. The third kappa shape index (κ3) is 2.32. The molecule has 1 heterocycles. The Labute approximate surface area is 122 Å². The lowest BCUT2D eigenvalue weighted by molar-refractivity contribution is 0.102. The molecule has 0 aliphatic rings. The van der Waals surface area contributed by atoms with E-state index in [1.165, 1.54) is 0 Å². The van der Waals surface area contributed by atoms with Crippen molar-refractivity contribution in [3.8, 4) is 0 Å². The zero-order chi connectivity index (χ0) is 14.1. The quantitative estimate of drug-likeness (QED) is 0.720.